The van der Waals surface area contributed by atoms with Gasteiger partial charge in [0.1, 0.15) is 0 Å². The van der Waals surface area contributed by atoms with Gasteiger partial charge < -0.3 is 9.47 Å². The van der Waals surface area contributed by atoms with Crippen molar-refractivity contribution in [2.24, 2.45) is 0 Å². The number of rotatable bonds is 6. The van der Waals surface area contributed by atoms with Crippen molar-refractivity contribution in [1.82, 2.24) is 0 Å². The van der Waals surface area contributed by atoms with E-state index in [0.29, 0.717) is 24.0 Å². The fourth-order valence-corrected chi connectivity index (χ4v) is 1.22. The first kappa shape index (κ1) is 20.0. The zero-order valence-electron chi connectivity index (χ0n) is 14.5. The average Bonchev–Trinajstić information content (AvgIpc) is 2.45. The van der Waals surface area contributed by atoms with E-state index >= 15 is 0 Å². The molecule has 0 saturated carbocycles. The summed E-state index contributed by atoms with van der Waals surface area (Å²) in [7, 11) is 0. The molecule has 0 saturated heterocycles. The second-order valence-electron chi connectivity index (χ2n) is 5.76. The van der Waals surface area contributed by atoms with Crippen LogP contribution in [0.15, 0.2) is 24.3 Å². The van der Waals surface area contributed by atoms with Crippen LogP contribution in [0.1, 0.15) is 54.4 Å². The van der Waals surface area contributed by atoms with Crippen LogP contribution in [0.25, 0.3) is 0 Å². The molecule has 0 N–H and O–H groups in total. The van der Waals surface area contributed by atoms with Gasteiger partial charge in [-0.05, 0) is 40.5 Å². The van der Waals surface area contributed by atoms with E-state index in [2.05, 4.69) is 25.0 Å². The van der Waals surface area contributed by atoms with Crippen molar-refractivity contribution >= 4 is 11.9 Å². The predicted octanol–water partition coefficient (Wildman–Crippen LogP) is 3.57. The largest absolute Gasteiger partial charge is 0.443 e. The van der Waals surface area contributed by atoms with Crippen LogP contribution in [0.3, 0.4) is 0 Å². The van der Waals surface area contributed by atoms with Crippen LogP contribution in [0.2, 0.25) is 0 Å². The first-order valence-corrected chi connectivity index (χ1v) is 7.30. The summed E-state index contributed by atoms with van der Waals surface area (Å²) in [5.41, 5.74) is -1.29. The molecule has 0 spiro atoms. The standard InChI is InChI=1S/C18H26O4/c1-9-17(7,21-15(19)13(3)4)11-12-18(8,10-2)22-16(20)14(5)6/h3,5,9-10H2,1-2,4,6-8H3. The van der Waals surface area contributed by atoms with Crippen molar-refractivity contribution in [2.45, 2.75) is 65.6 Å². The highest BCUT2D eigenvalue weighted by Crippen LogP contribution is 2.20. The first-order chi connectivity index (χ1) is 9.98. The number of hydrogen-bond donors (Lipinski definition) is 0. The van der Waals surface area contributed by atoms with E-state index in [4.69, 9.17) is 9.47 Å². The van der Waals surface area contributed by atoms with Crippen LogP contribution in [0.5, 0.6) is 0 Å². The van der Waals surface area contributed by atoms with Crippen LogP contribution in [0, 0.1) is 11.8 Å². The Bertz CT molecular complexity index is 489. The van der Waals surface area contributed by atoms with Gasteiger partial charge in [0.05, 0.1) is 0 Å². The third-order valence-corrected chi connectivity index (χ3v) is 3.27. The lowest BCUT2D eigenvalue weighted by molar-refractivity contribution is -0.150. The average molecular weight is 306 g/mol. The van der Waals surface area contributed by atoms with Gasteiger partial charge in [0, 0.05) is 11.1 Å². The third-order valence-electron chi connectivity index (χ3n) is 3.27. The van der Waals surface area contributed by atoms with Gasteiger partial charge in [-0.25, -0.2) is 9.59 Å². The molecule has 122 valence electrons. The van der Waals surface area contributed by atoms with E-state index in [1.165, 1.54) is 0 Å². The van der Waals surface area contributed by atoms with Crippen molar-refractivity contribution in [2.75, 3.05) is 0 Å². The van der Waals surface area contributed by atoms with E-state index in [9.17, 15) is 9.59 Å². The lowest BCUT2D eigenvalue weighted by Gasteiger charge is -2.26. The maximum absolute atomic E-state index is 11.7. The summed E-state index contributed by atoms with van der Waals surface area (Å²) >= 11 is 0. The first-order valence-electron chi connectivity index (χ1n) is 7.30. The van der Waals surface area contributed by atoms with E-state index in [1.807, 2.05) is 13.8 Å². The third kappa shape index (κ3) is 6.17. The molecule has 4 heteroatoms. The van der Waals surface area contributed by atoms with Crippen LogP contribution in [0.4, 0.5) is 0 Å². The Balaban J connectivity index is 5.32. The fraction of sp³-hybridized carbons (Fsp3) is 0.556. The van der Waals surface area contributed by atoms with E-state index in [-0.39, 0.29) is 0 Å². The molecular weight excluding hydrogens is 280 g/mol. The maximum atomic E-state index is 11.7. The monoisotopic (exact) mass is 306 g/mol. The molecule has 22 heavy (non-hydrogen) atoms. The quantitative estimate of drug-likeness (QED) is 0.428. The lowest BCUT2D eigenvalue weighted by Crippen LogP contribution is -2.33. The Kier molecular flexibility index (Phi) is 7.12. The van der Waals surface area contributed by atoms with Crippen LogP contribution >= 0.6 is 0 Å². The molecule has 0 radical (unpaired) electrons. The van der Waals surface area contributed by atoms with E-state index in [1.54, 1.807) is 27.7 Å². The Morgan fingerprint density at radius 1 is 0.864 bits per heavy atom. The van der Waals surface area contributed by atoms with E-state index < -0.39 is 23.1 Å². The molecule has 0 aliphatic carbocycles. The number of ether oxygens (including phenoxy) is 2. The Morgan fingerprint density at radius 3 is 1.32 bits per heavy atom. The predicted molar refractivity (Wildman–Crippen MR) is 87.0 cm³/mol. The Labute approximate surface area is 133 Å². The molecule has 0 bridgehead atoms. The highest BCUT2D eigenvalue weighted by atomic mass is 16.6. The van der Waals surface area contributed by atoms with Gasteiger partial charge in [-0.15, -0.1) is 0 Å². The van der Waals surface area contributed by atoms with Crippen molar-refractivity contribution in [1.29, 1.82) is 0 Å². The summed E-state index contributed by atoms with van der Waals surface area (Å²) in [6.45, 7) is 17.4. The van der Waals surface area contributed by atoms with Gasteiger partial charge in [0.2, 0.25) is 0 Å². The molecule has 0 aromatic carbocycles. The molecule has 0 aromatic rings. The number of hydrogen-bond acceptors (Lipinski definition) is 4. The summed E-state index contributed by atoms with van der Waals surface area (Å²) in [6, 6.07) is 0. The number of carbonyl (C=O) groups is 2. The zero-order valence-corrected chi connectivity index (χ0v) is 14.5. The molecule has 0 rings (SSSR count). The van der Waals surface area contributed by atoms with Gasteiger partial charge >= 0.3 is 11.9 Å². The Hall–Kier alpha value is -2.02. The topological polar surface area (TPSA) is 52.6 Å². The number of carbonyl (C=O) groups excluding carboxylic acids is 2. The SMILES string of the molecule is C=C(C)C(=O)OC(C)(C#CC(C)(CC)OC(=O)C(=C)C)CC. The van der Waals surface area contributed by atoms with Gasteiger partial charge in [-0.3, -0.25) is 0 Å². The highest BCUT2D eigenvalue weighted by Gasteiger charge is 2.28. The fourth-order valence-electron chi connectivity index (χ4n) is 1.22. The molecule has 2 atom stereocenters. The summed E-state index contributed by atoms with van der Waals surface area (Å²) in [5, 5.41) is 0. The van der Waals surface area contributed by atoms with Crippen LogP contribution < -0.4 is 0 Å². The van der Waals surface area contributed by atoms with Crippen LogP contribution in [-0.2, 0) is 19.1 Å². The smallest absolute Gasteiger partial charge is 0.334 e. The number of esters is 2. The minimum Gasteiger partial charge on any atom is -0.443 e. The molecule has 0 aliphatic rings. The minimum absolute atomic E-state index is 0.313. The Morgan fingerprint density at radius 2 is 1.14 bits per heavy atom. The molecule has 0 heterocycles. The van der Waals surface area contributed by atoms with Gasteiger partial charge in [-0.2, -0.15) is 0 Å². The molecule has 4 nitrogen and oxygen atoms in total. The molecule has 0 aromatic heterocycles. The lowest BCUT2D eigenvalue weighted by atomic mass is 9.98. The molecule has 2 unspecified atom stereocenters. The van der Waals surface area contributed by atoms with Crippen molar-refractivity contribution < 1.29 is 19.1 Å². The second kappa shape index (κ2) is 7.84. The van der Waals surface area contributed by atoms with Crippen LogP contribution in [-0.4, -0.2) is 23.1 Å². The van der Waals surface area contributed by atoms with Crippen molar-refractivity contribution in [3.8, 4) is 11.8 Å². The summed E-state index contributed by atoms with van der Waals surface area (Å²) < 4.78 is 10.7. The minimum atomic E-state index is -0.956. The van der Waals surface area contributed by atoms with Gasteiger partial charge in [0.15, 0.2) is 11.2 Å². The van der Waals surface area contributed by atoms with Crippen molar-refractivity contribution in [3.05, 3.63) is 24.3 Å². The zero-order chi connectivity index (χ0) is 17.6. The van der Waals surface area contributed by atoms with Gasteiger partial charge in [-0.1, -0.05) is 38.8 Å². The second-order valence-corrected chi connectivity index (χ2v) is 5.76. The summed E-state index contributed by atoms with van der Waals surface area (Å²) in [4.78, 5) is 23.4. The van der Waals surface area contributed by atoms with E-state index in [0.717, 1.165) is 0 Å². The summed E-state index contributed by atoms with van der Waals surface area (Å²) in [5.74, 6) is 4.87. The molecule has 0 amide bonds. The molecule has 0 fully saturated rings. The highest BCUT2D eigenvalue weighted by molar-refractivity contribution is 5.88. The van der Waals surface area contributed by atoms with Crippen molar-refractivity contribution in [3.63, 3.8) is 0 Å². The maximum Gasteiger partial charge on any atom is 0.334 e. The normalized spacial score (nSPS) is 15.4. The summed E-state index contributed by atoms with van der Waals surface area (Å²) in [6.07, 6.45) is 1.01. The van der Waals surface area contributed by atoms with Gasteiger partial charge in [0.25, 0.3) is 0 Å². The molecular formula is C18H26O4. The molecule has 0 aliphatic heterocycles.